The van der Waals surface area contributed by atoms with Crippen molar-refractivity contribution < 1.29 is 19.1 Å². The lowest BCUT2D eigenvalue weighted by Crippen LogP contribution is -2.52. The molecule has 11 heteroatoms. The van der Waals surface area contributed by atoms with Gasteiger partial charge in [-0.1, -0.05) is 41.9 Å². The highest BCUT2D eigenvalue weighted by molar-refractivity contribution is 7.12. The van der Waals surface area contributed by atoms with Crippen LogP contribution in [0, 0.1) is 0 Å². The third kappa shape index (κ3) is 5.59. The molecule has 40 heavy (non-hydrogen) atoms. The molecule has 0 aliphatic carbocycles. The number of piperazine rings is 1. The molecule has 0 unspecified atom stereocenters. The summed E-state index contributed by atoms with van der Waals surface area (Å²) in [5.41, 5.74) is 2.41. The Morgan fingerprint density at radius 1 is 0.925 bits per heavy atom. The van der Waals surface area contributed by atoms with Crippen LogP contribution in [-0.4, -0.2) is 71.3 Å². The monoisotopic (exact) mass is 575 g/mol. The van der Waals surface area contributed by atoms with Crippen molar-refractivity contribution in [3.63, 3.8) is 0 Å². The van der Waals surface area contributed by atoms with E-state index in [0.29, 0.717) is 53.3 Å². The van der Waals surface area contributed by atoms with Crippen LogP contribution in [0.15, 0.2) is 72.1 Å². The molecular weight excluding hydrogens is 550 g/mol. The number of carbonyl (C=O) groups excluding carboxylic acids is 2. The molecule has 4 aromatic rings. The van der Waals surface area contributed by atoms with E-state index in [1.807, 2.05) is 66.0 Å². The minimum atomic E-state index is -0.173. The van der Waals surface area contributed by atoms with Crippen LogP contribution in [0.1, 0.15) is 15.2 Å². The zero-order valence-corrected chi connectivity index (χ0v) is 23.1. The number of fused-ring (bicyclic) bond motifs is 1. The normalized spacial score (nSPS) is 14.3. The van der Waals surface area contributed by atoms with E-state index in [1.165, 1.54) is 11.3 Å². The Hall–Kier alpha value is -4.15. The van der Waals surface area contributed by atoms with Crippen LogP contribution < -0.4 is 14.4 Å². The van der Waals surface area contributed by atoms with Gasteiger partial charge in [-0.25, -0.2) is 0 Å². The fraction of sp³-hybridized carbons (Fsp3) is 0.241. The molecule has 2 aliphatic heterocycles. The number of nitrogens with zero attached hydrogens (tertiary/aromatic N) is 5. The zero-order valence-electron chi connectivity index (χ0n) is 21.5. The summed E-state index contributed by atoms with van der Waals surface area (Å²) in [6.07, 6.45) is 0. The molecule has 2 aromatic heterocycles. The number of amides is 2. The zero-order chi connectivity index (χ0) is 27.5. The van der Waals surface area contributed by atoms with Crippen molar-refractivity contribution in [1.29, 1.82) is 0 Å². The lowest BCUT2D eigenvalue weighted by atomic mass is 10.1. The van der Waals surface area contributed by atoms with Gasteiger partial charge in [0.1, 0.15) is 6.54 Å². The fourth-order valence-corrected chi connectivity index (χ4v) is 5.69. The van der Waals surface area contributed by atoms with Gasteiger partial charge >= 0.3 is 0 Å². The van der Waals surface area contributed by atoms with Gasteiger partial charge < -0.3 is 24.2 Å². The smallest absolute Gasteiger partial charge is 0.264 e. The number of benzene rings is 2. The second kappa shape index (κ2) is 11.5. The van der Waals surface area contributed by atoms with E-state index < -0.39 is 0 Å². The Balaban J connectivity index is 1.10. The van der Waals surface area contributed by atoms with Gasteiger partial charge in [-0.05, 0) is 47.3 Å². The number of rotatable bonds is 7. The number of hydrogen-bond donors (Lipinski definition) is 0. The highest BCUT2D eigenvalue weighted by Crippen LogP contribution is 2.33. The van der Waals surface area contributed by atoms with Crippen LogP contribution >= 0.6 is 22.9 Å². The number of carbonyl (C=O) groups is 2. The predicted molar refractivity (Wildman–Crippen MR) is 153 cm³/mol. The second-order valence-electron chi connectivity index (χ2n) is 9.45. The third-order valence-electron chi connectivity index (χ3n) is 6.91. The number of halogens is 1. The lowest BCUT2D eigenvalue weighted by molar-refractivity contribution is -0.132. The first-order valence-electron chi connectivity index (χ1n) is 12.9. The Labute approximate surface area is 240 Å². The van der Waals surface area contributed by atoms with E-state index >= 15 is 0 Å². The van der Waals surface area contributed by atoms with Gasteiger partial charge in [-0.3, -0.25) is 9.59 Å². The lowest BCUT2D eigenvalue weighted by Gasteiger charge is -2.36. The van der Waals surface area contributed by atoms with Crippen molar-refractivity contribution in [2.24, 2.45) is 0 Å². The Morgan fingerprint density at radius 2 is 1.75 bits per heavy atom. The molecule has 0 atom stereocenters. The molecule has 0 saturated carbocycles. The summed E-state index contributed by atoms with van der Waals surface area (Å²) < 4.78 is 10.9. The Bertz CT molecular complexity index is 1510. The van der Waals surface area contributed by atoms with Crippen molar-refractivity contribution in [3.05, 3.63) is 87.6 Å². The molecular formula is C29H26ClN5O4S. The second-order valence-corrected chi connectivity index (χ2v) is 10.8. The summed E-state index contributed by atoms with van der Waals surface area (Å²) in [6.45, 7) is 2.73. The largest absolute Gasteiger partial charge is 0.454 e. The molecule has 0 radical (unpaired) electrons. The summed E-state index contributed by atoms with van der Waals surface area (Å²) >= 11 is 7.66. The van der Waals surface area contributed by atoms with Crippen molar-refractivity contribution >= 4 is 40.6 Å². The molecule has 1 saturated heterocycles. The molecule has 204 valence electrons. The highest BCUT2D eigenvalue weighted by atomic mass is 35.5. The van der Waals surface area contributed by atoms with Crippen LogP contribution in [0.25, 0.3) is 11.3 Å². The van der Waals surface area contributed by atoms with Gasteiger partial charge in [-0.15, -0.1) is 21.5 Å². The van der Waals surface area contributed by atoms with Crippen LogP contribution in [0.5, 0.6) is 11.5 Å². The Morgan fingerprint density at radius 3 is 2.50 bits per heavy atom. The first-order valence-corrected chi connectivity index (χ1v) is 14.1. The van der Waals surface area contributed by atoms with Crippen molar-refractivity contribution in [3.8, 4) is 22.8 Å². The Kier molecular flexibility index (Phi) is 7.52. The molecule has 0 N–H and O–H groups in total. The van der Waals surface area contributed by atoms with Gasteiger partial charge in [0.15, 0.2) is 17.3 Å². The van der Waals surface area contributed by atoms with Crippen LogP contribution in [0.2, 0.25) is 5.02 Å². The van der Waals surface area contributed by atoms with Gasteiger partial charge in [0.05, 0.1) is 15.6 Å². The fourth-order valence-electron chi connectivity index (χ4n) is 4.77. The molecule has 0 bridgehead atoms. The van der Waals surface area contributed by atoms with E-state index in [-0.39, 0.29) is 31.7 Å². The molecule has 2 aliphatic rings. The number of hydrogen-bond acceptors (Lipinski definition) is 8. The van der Waals surface area contributed by atoms with Gasteiger partial charge in [0, 0.05) is 38.3 Å². The maximum atomic E-state index is 13.4. The SMILES string of the molecule is O=C(CN(Cc1ccc2c(c1)OCO2)C(=O)c1cccs1)N1CCN(c2ccc(-c3ccccc3Cl)nn2)CC1. The maximum Gasteiger partial charge on any atom is 0.264 e. The highest BCUT2D eigenvalue weighted by Gasteiger charge is 2.27. The number of aromatic nitrogens is 2. The summed E-state index contributed by atoms with van der Waals surface area (Å²) in [6, 6.07) is 20.6. The summed E-state index contributed by atoms with van der Waals surface area (Å²) in [4.78, 5) is 32.8. The average Bonchev–Trinajstić information content (AvgIpc) is 3.69. The molecule has 6 rings (SSSR count). The standard InChI is InChI=1S/C29H26ClN5O4S/c30-22-5-2-1-4-21(22)23-8-10-27(32-31-23)33-11-13-34(14-12-33)28(36)18-35(29(37)26-6-3-15-40-26)17-20-7-9-24-25(16-20)39-19-38-24/h1-10,15-16H,11-14,17-19H2. The summed E-state index contributed by atoms with van der Waals surface area (Å²) in [7, 11) is 0. The van der Waals surface area contributed by atoms with Crippen LogP contribution in [0.3, 0.4) is 0 Å². The topological polar surface area (TPSA) is 88.1 Å². The van der Waals surface area contributed by atoms with Crippen LogP contribution in [0.4, 0.5) is 5.82 Å². The van der Waals surface area contributed by atoms with Crippen LogP contribution in [-0.2, 0) is 11.3 Å². The maximum absolute atomic E-state index is 13.4. The van der Waals surface area contributed by atoms with E-state index in [9.17, 15) is 9.59 Å². The van der Waals surface area contributed by atoms with Gasteiger partial charge in [-0.2, -0.15) is 0 Å². The first kappa shape index (κ1) is 26.1. The van der Waals surface area contributed by atoms with E-state index in [4.69, 9.17) is 21.1 Å². The minimum absolute atomic E-state index is 0.0164. The minimum Gasteiger partial charge on any atom is -0.454 e. The molecule has 1 fully saturated rings. The van der Waals surface area contributed by atoms with E-state index in [2.05, 4.69) is 15.1 Å². The van der Waals surface area contributed by atoms with Crippen molar-refractivity contribution in [2.45, 2.75) is 6.54 Å². The van der Waals surface area contributed by atoms with Gasteiger partial charge in [0.25, 0.3) is 5.91 Å². The average molecular weight is 576 g/mol. The third-order valence-corrected chi connectivity index (χ3v) is 8.10. The predicted octanol–water partition coefficient (Wildman–Crippen LogP) is 4.58. The number of anilines is 1. The summed E-state index contributed by atoms with van der Waals surface area (Å²) in [5, 5.41) is 11.3. The molecule has 4 heterocycles. The first-order chi connectivity index (χ1) is 19.5. The molecule has 9 nitrogen and oxygen atoms in total. The van der Waals surface area contributed by atoms with E-state index in [0.717, 1.165) is 16.9 Å². The molecule has 2 aromatic carbocycles. The number of thiophene rings is 1. The molecule has 2 amide bonds. The van der Waals surface area contributed by atoms with Gasteiger partial charge in [0.2, 0.25) is 12.7 Å². The van der Waals surface area contributed by atoms with Crippen molar-refractivity contribution in [1.82, 2.24) is 20.0 Å². The quantitative estimate of drug-likeness (QED) is 0.319. The summed E-state index contributed by atoms with van der Waals surface area (Å²) in [5.74, 6) is 1.81. The van der Waals surface area contributed by atoms with E-state index in [1.54, 1.807) is 15.9 Å². The van der Waals surface area contributed by atoms with Crippen molar-refractivity contribution in [2.75, 3.05) is 44.4 Å². The number of ether oxygens (including phenoxy) is 2. The molecule has 0 spiro atoms.